The number of halogens is 1. The summed E-state index contributed by atoms with van der Waals surface area (Å²) in [5, 5.41) is 3.85. The minimum absolute atomic E-state index is 0.438. The molecule has 0 aliphatic heterocycles. The topological polar surface area (TPSA) is 12.0 Å². The van der Waals surface area contributed by atoms with Crippen LogP contribution in [-0.2, 0) is 0 Å². The van der Waals surface area contributed by atoms with Crippen LogP contribution in [0.4, 0.5) is 0 Å². The van der Waals surface area contributed by atoms with Gasteiger partial charge in [0.05, 0.1) is 0 Å². The molecule has 0 radical (unpaired) electrons. The molecule has 1 aromatic carbocycles. The van der Waals surface area contributed by atoms with Gasteiger partial charge >= 0.3 is 0 Å². The molecule has 0 amide bonds. The zero-order valence-corrected chi connectivity index (χ0v) is 14.1. The van der Waals surface area contributed by atoms with Crippen LogP contribution in [0.1, 0.15) is 69.9 Å². The van der Waals surface area contributed by atoms with Gasteiger partial charge in [0.15, 0.2) is 0 Å². The van der Waals surface area contributed by atoms with E-state index in [0.29, 0.717) is 12.1 Å². The van der Waals surface area contributed by atoms with E-state index in [9.17, 15) is 0 Å². The monoisotopic (exact) mass is 335 g/mol. The highest BCUT2D eigenvalue weighted by molar-refractivity contribution is 9.10. The van der Waals surface area contributed by atoms with Crippen LogP contribution in [-0.4, -0.2) is 6.04 Å². The van der Waals surface area contributed by atoms with Crippen molar-refractivity contribution in [1.82, 2.24) is 5.32 Å². The lowest BCUT2D eigenvalue weighted by molar-refractivity contribution is 0.164. The van der Waals surface area contributed by atoms with Crippen LogP contribution >= 0.6 is 15.9 Å². The summed E-state index contributed by atoms with van der Waals surface area (Å²) in [5.74, 6) is 0. The Morgan fingerprint density at radius 3 is 2.40 bits per heavy atom. The molecule has 1 aromatic rings. The molecule has 2 aliphatic carbocycles. The van der Waals surface area contributed by atoms with Crippen molar-refractivity contribution < 1.29 is 0 Å². The fourth-order valence-corrected chi connectivity index (χ4v) is 4.92. The average Bonchev–Trinajstić information content (AvgIpc) is 2.90. The second kappa shape index (κ2) is 6.19. The molecule has 110 valence electrons. The first-order valence-corrected chi connectivity index (χ1v) is 8.98. The van der Waals surface area contributed by atoms with Gasteiger partial charge in [0.25, 0.3) is 0 Å². The predicted molar refractivity (Wildman–Crippen MR) is 88.8 cm³/mol. The molecule has 0 bridgehead atoms. The van der Waals surface area contributed by atoms with E-state index >= 15 is 0 Å². The molecule has 1 spiro atoms. The van der Waals surface area contributed by atoms with Gasteiger partial charge in [0, 0.05) is 16.6 Å². The molecule has 0 heterocycles. The normalized spacial score (nSPS) is 24.1. The summed E-state index contributed by atoms with van der Waals surface area (Å²) in [4.78, 5) is 0. The van der Waals surface area contributed by atoms with Crippen molar-refractivity contribution in [2.24, 2.45) is 5.41 Å². The third kappa shape index (κ3) is 3.12. The lowest BCUT2D eigenvalue weighted by atomic mass is 9.71. The number of hydrogen-bond acceptors (Lipinski definition) is 1. The van der Waals surface area contributed by atoms with Crippen molar-refractivity contribution in [1.29, 1.82) is 0 Å². The zero-order chi connectivity index (χ0) is 14.0. The van der Waals surface area contributed by atoms with Crippen LogP contribution in [0.3, 0.4) is 0 Å². The Labute approximate surface area is 131 Å². The molecule has 20 heavy (non-hydrogen) atoms. The van der Waals surface area contributed by atoms with Crippen molar-refractivity contribution >= 4 is 15.9 Å². The van der Waals surface area contributed by atoms with Gasteiger partial charge in [-0.3, -0.25) is 0 Å². The van der Waals surface area contributed by atoms with Gasteiger partial charge in [-0.05, 0) is 62.5 Å². The van der Waals surface area contributed by atoms with Gasteiger partial charge in [-0.15, -0.1) is 0 Å². The average molecular weight is 336 g/mol. The van der Waals surface area contributed by atoms with Gasteiger partial charge < -0.3 is 5.32 Å². The maximum Gasteiger partial charge on any atom is 0.0305 e. The summed E-state index contributed by atoms with van der Waals surface area (Å²) in [6.45, 7) is 2.29. The second-order valence-corrected chi connectivity index (χ2v) is 7.75. The Balaban J connectivity index is 1.56. The standard InChI is InChI=1S/C18H26BrN/c1-14(16-6-2-3-7-17(16)19)20-15-8-12-18(13-9-15)10-4-5-11-18/h2-3,6-7,14-15,20H,4-5,8-13H2,1H3/t14-/m1/s1. The highest BCUT2D eigenvalue weighted by atomic mass is 79.9. The fraction of sp³-hybridized carbons (Fsp3) is 0.667. The van der Waals surface area contributed by atoms with Crippen LogP contribution < -0.4 is 5.32 Å². The van der Waals surface area contributed by atoms with Crippen molar-refractivity contribution in [2.75, 3.05) is 0 Å². The Morgan fingerprint density at radius 1 is 1.10 bits per heavy atom. The van der Waals surface area contributed by atoms with E-state index < -0.39 is 0 Å². The minimum Gasteiger partial charge on any atom is -0.307 e. The van der Waals surface area contributed by atoms with Crippen LogP contribution in [0.25, 0.3) is 0 Å². The van der Waals surface area contributed by atoms with Crippen molar-refractivity contribution in [3.8, 4) is 0 Å². The highest BCUT2D eigenvalue weighted by Crippen LogP contribution is 2.49. The van der Waals surface area contributed by atoms with E-state index in [1.807, 2.05) is 0 Å². The molecule has 2 fully saturated rings. The van der Waals surface area contributed by atoms with Crippen LogP contribution in [0, 0.1) is 5.41 Å². The lowest BCUT2D eigenvalue weighted by Gasteiger charge is -2.38. The Bertz CT molecular complexity index is 440. The third-order valence-corrected chi connectivity index (χ3v) is 6.29. The Kier molecular flexibility index (Phi) is 4.52. The molecule has 0 aromatic heterocycles. The maximum atomic E-state index is 3.85. The first kappa shape index (κ1) is 14.6. The molecule has 1 nitrogen and oxygen atoms in total. The van der Waals surface area contributed by atoms with Crippen LogP contribution in [0.15, 0.2) is 28.7 Å². The van der Waals surface area contributed by atoms with Gasteiger partial charge in [0.1, 0.15) is 0 Å². The number of nitrogens with one attached hydrogen (secondary N) is 1. The molecule has 2 saturated carbocycles. The first-order valence-electron chi connectivity index (χ1n) is 8.19. The summed E-state index contributed by atoms with van der Waals surface area (Å²) in [5.41, 5.74) is 2.13. The summed E-state index contributed by atoms with van der Waals surface area (Å²) in [7, 11) is 0. The van der Waals surface area contributed by atoms with Gasteiger partial charge in [-0.1, -0.05) is 47.0 Å². The van der Waals surface area contributed by atoms with Crippen molar-refractivity contribution in [3.63, 3.8) is 0 Å². The smallest absolute Gasteiger partial charge is 0.0305 e. The SMILES string of the molecule is C[C@@H](NC1CCC2(CCCC2)CC1)c1ccccc1Br. The van der Waals surface area contributed by atoms with Gasteiger partial charge in [0.2, 0.25) is 0 Å². The van der Waals surface area contributed by atoms with E-state index in [-0.39, 0.29) is 0 Å². The predicted octanol–water partition coefficient (Wildman–Crippen LogP) is 5.60. The number of hydrogen-bond donors (Lipinski definition) is 1. The van der Waals surface area contributed by atoms with Crippen LogP contribution in [0.5, 0.6) is 0 Å². The number of rotatable bonds is 3. The Hall–Kier alpha value is -0.340. The van der Waals surface area contributed by atoms with E-state index in [4.69, 9.17) is 0 Å². The summed E-state index contributed by atoms with van der Waals surface area (Å²) in [6.07, 6.45) is 11.6. The summed E-state index contributed by atoms with van der Waals surface area (Å²) >= 11 is 3.67. The maximum absolute atomic E-state index is 3.85. The molecule has 0 saturated heterocycles. The molecular formula is C18H26BrN. The van der Waals surface area contributed by atoms with Crippen molar-refractivity contribution in [3.05, 3.63) is 34.3 Å². The minimum atomic E-state index is 0.438. The summed E-state index contributed by atoms with van der Waals surface area (Å²) in [6, 6.07) is 9.74. The number of benzene rings is 1. The van der Waals surface area contributed by atoms with E-state index in [1.165, 1.54) is 61.4 Å². The van der Waals surface area contributed by atoms with Gasteiger partial charge in [-0.2, -0.15) is 0 Å². The van der Waals surface area contributed by atoms with Gasteiger partial charge in [-0.25, -0.2) is 0 Å². The van der Waals surface area contributed by atoms with E-state index in [1.54, 1.807) is 0 Å². The molecule has 3 rings (SSSR count). The van der Waals surface area contributed by atoms with Crippen LogP contribution in [0.2, 0.25) is 0 Å². The van der Waals surface area contributed by atoms with Crippen molar-refractivity contribution in [2.45, 2.75) is 70.4 Å². The zero-order valence-electron chi connectivity index (χ0n) is 12.5. The largest absolute Gasteiger partial charge is 0.307 e. The fourth-order valence-electron chi connectivity index (χ4n) is 4.29. The second-order valence-electron chi connectivity index (χ2n) is 6.89. The lowest BCUT2D eigenvalue weighted by Crippen LogP contribution is -2.38. The third-order valence-electron chi connectivity index (χ3n) is 5.57. The Morgan fingerprint density at radius 2 is 1.75 bits per heavy atom. The molecule has 0 unspecified atom stereocenters. The molecule has 1 atom stereocenters. The molecular weight excluding hydrogens is 310 g/mol. The van der Waals surface area contributed by atoms with E-state index in [0.717, 1.165) is 5.41 Å². The summed E-state index contributed by atoms with van der Waals surface area (Å²) < 4.78 is 1.23. The first-order chi connectivity index (χ1) is 9.69. The highest BCUT2D eigenvalue weighted by Gasteiger charge is 2.37. The quantitative estimate of drug-likeness (QED) is 0.757. The molecule has 2 aliphatic rings. The molecule has 2 heteroatoms. The van der Waals surface area contributed by atoms with E-state index in [2.05, 4.69) is 52.4 Å². The molecule has 1 N–H and O–H groups in total.